The van der Waals surface area contributed by atoms with Gasteiger partial charge in [0.25, 0.3) is 0 Å². The summed E-state index contributed by atoms with van der Waals surface area (Å²) >= 11 is 0. The molecule has 1 atom stereocenters. The van der Waals surface area contributed by atoms with Crippen LogP contribution in [0.15, 0.2) is 12.4 Å². The number of H-pyrrole nitrogens is 1. The molecule has 0 aromatic carbocycles. The Kier molecular flexibility index (Phi) is 6.08. The van der Waals surface area contributed by atoms with Crippen LogP contribution in [-0.4, -0.2) is 57.4 Å². The molecule has 7 nitrogen and oxygen atoms in total. The summed E-state index contributed by atoms with van der Waals surface area (Å²) in [5, 5.41) is 7.21. The van der Waals surface area contributed by atoms with Crippen molar-refractivity contribution >= 4 is 5.91 Å². The molecule has 0 saturated carbocycles. The van der Waals surface area contributed by atoms with Gasteiger partial charge in [0, 0.05) is 57.2 Å². The summed E-state index contributed by atoms with van der Waals surface area (Å²) in [4.78, 5) is 19.3. The minimum atomic E-state index is 0.227. The third kappa shape index (κ3) is 4.15. The molecular weight excluding hydrogens is 330 g/mol. The number of hydrogen-bond donors (Lipinski definition) is 1. The van der Waals surface area contributed by atoms with Gasteiger partial charge >= 0.3 is 0 Å². The zero-order chi connectivity index (χ0) is 18.5. The highest BCUT2D eigenvalue weighted by Gasteiger charge is 2.27. The van der Waals surface area contributed by atoms with Crippen molar-refractivity contribution in [3.05, 3.63) is 35.2 Å². The fourth-order valence-corrected chi connectivity index (χ4v) is 3.81. The Morgan fingerprint density at radius 2 is 2.27 bits per heavy atom. The number of aromatic nitrogens is 4. The number of nitrogens with zero attached hydrogens (tertiary/aromatic N) is 4. The highest BCUT2D eigenvalue weighted by molar-refractivity contribution is 5.76. The van der Waals surface area contributed by atoms with E-state index in [1.165, 1.54) is 5.56 Å². The lowest BCUT2D eigenvalue weighted by Crippen LogP contribution is -2.40. The van der Waals surface area contributed by atoms with Gasteiger partial charge in [0.1, 0.15) is 5.82 Å². The number of hydrogen-bond acceptors (Lipinski definition) is 4. The molecule has 3 heterocycles. The maximum absolute atomic E-state index is 12.7. The van der Waals surface area contributed by atoms with Gasteiger partial charge < -0.3 is 14.2 Å². The summed E-state index contributed by atoms with van der Waals surface area (Å²) in [7, 11) is 1.71. The van der Waals surface area contributed by atoms with Gasteiger partial charge in [-0.2, -0.15) is 5.10 Å². The van der Waals surface area contributed by atoms with E-state index in [9.17, 15) is 4.79 Å². The van der Waals surface area contributed by atoms with Crippen molar-refractivity contribution in [1.29, 1.82) is 0 Å². The Bertz CT molecular complexity index is 717. The van der Waals surface area contributed by atoms with Crippen molar-refractivity contribution in [2.24, 2.45) is 0 Å². The van der Waals surface area contributed by atoms with Crippen molar-refractivity contribution in [2.45, 2.75) is 52.0 Å². The topological polar surface area (TPSA) is 76.0 Å². The Balaban J connectivity index is 1.59. The maximum Gasteiger partial charge on any atom is 0.222 e. The first-order chi connectivity index (χ1) is 12.6. The van der Waals surface area contributed by atoms with Crippen LogP contribution in [0.3, 0.4) is 0 Å². The molecule has 3 rings (SSSR count). The Labute approximate surface area is 154 Å². The van der Waals surface area contributed by atoms with Gasteiger partial charge in [-0.05, 0) is 38.7 Å². The van der Waals surface area contributed by atoms with Gasteiger partial charge in [-0.25, -0.2) is 4.98 Å². The predicted molar refractivity (Wildman–Crippen MR) is 99.0 cm³/mol. The number of aromatic amines is 1. The van der Waals surface area contributed by atoms with Crippen LogP contribution in [0.1, 0.15) is 48.0 Å². The van der Waals surface area contributed by atoms with Gasteiger partial charge in [-0.3, -0.25) is 9.89 Å². The number of ether oxygens (including phenoxy) is 1. The molecule has 1 saturated heterocycles. The molecule has 2 aromatic rings. The quantitative estimate of drug-likeness (QED) is 0.822. The highest BCUT2D eigenvalue weighted by Crippen LogP contribution is 2.26. The van der Waals surface area contributed by atoms with Crippen molar-refractivity contribution in [3.63, 3.8) is 0 Å². The number of imidazole rings is 1. The summed E-state index contributed by atoms with van der Waals surface area (Å²) in [6.45, 7) is 7.07. The average Bonchev–Trinajstić information content (AvgIpc) is 3.25. The van der Waals surface area contributed by atoms with Gasteiger partial charge in [0.15, 0.2) is 0 Å². The first-order valence-corrected chi connectivity index (χ1v) is 9.38. The van der Waals surface area contributed by atoms with E-state index in [-0.39, 0.29) is 5.91 Å². The summed E-state index contributed by atoms with van der Waals surface area (Å²) in [6.07, 6.45) is 7.23. The number of carbonyl (C=O) groups excluding carboxylic acids is 1. The van der Waals surface area contributed by atoms with Gasteiger partial charge in [-0.1, -0.05) is 0 Å². The third-order valence-electron chi connectivity index (χ3n) is 5.29. The fourth-order valence-electron chi connectivity index (χ4n) is 3.81. The number of rotatable bonds is 7. The lowest BCUT2D eigenvalue weighted by Gasteiger charge is -2.33. The number of aryl methyl sites for hydroxylation is 2. The molecule has 1 aliphatic heterocycles. The van der Waals surface area contributed by atoms with Crippen molar-refractivity contribution < 1.29 is 9.53 Å². The number of likely N-dealkylation sites (tertiary alicyclic amines) is 1. The van der Waals surface area contributed by atoms with E-state index >= 15 is 0 Å². The molecule has 0 unspecified atom stereocenters. The Morgan fingerprint density at radius 1 is 1.42 bits per heavy atom. The zero-order valence-electron chi connectivity index (χ0n) is 16.0. The van der Waals surface area contributed by atoms with Gasteiger partial charge in [0.05, 0.1) is 12.3 Å². The standard InChI is InChI=1S/C19H29N5O2/c1-14-17(15(2)22-21-14)6-7-18(25)24-9-4-5-16(13-24)19-20-8-10-23(19)11-12-26-3/h8,10,16H,4-7,9,11-13H2,1-3H3,(H,21,22)/t16-/m1/s1. The normalized spacial score (nSPS) is 17.7. The molecule has 1 amide bonds. The fraction of sp³-hybridized carbons (Fsp3) is 0.632. The number of nitrogens with one attached hydrogen (secondary N) is 1. The SMILES string of the molecule is COCCn1ccnc1[C@@H]1CCCN(C(=O)CCc2c(C)n[nH]c2C)C1. The van der Waals surface area contributed by atoms with Crippen LogP contribution in [-0.2, 0) is 22.5 Å². The smallest absolute Gasteiger partial charge is 0.222 e. The molecule has 1 N–H and O–H groups in total. The summed E-state index contributed by atoms with van der Waals surface area (Å²) in [5.74, 6) is 1.60. The average molecular weight is 359 g/mol. The highest BCUT2D eigenvalue weighted by atomic mass is 16.5. The van der Waals surface area contributed by atoms with Gasteiger partial charge in [0.2, 0.25) is 5.91 Å². The molecule has 142 valence electrons. The van der Waals surface area contributed by atoms with Crippen LogP contribution in [0.25, 0.3) is 0 Å². The van der Waals surface area contributed by atoms with Crippen LogP contribution < -0.4 is 0 Å². The van der Waals surface area contributed by atoms with Crippen LogP contribution >= 0.6 is 0 Å². The maximum atomic E-state index is 12.7. The van der Waals surface area contributed by atoms with E-state index in [2.05, 4.69) is 19.7 Å². The lowest BCUT2D eigenvalue weighted by molar-refractivity contribution is -0.132. The van der Waals surface area contributed by atoms with E-state index in [1.54, 1.807) is 7.11 Å². The molecule has 0 bridgehead atoms. The number of carbonyl (C=O) groups is 1. The number of amides is 1. The van der Waals surface area contributed by atoms with E-state index < -0.39 is 0 Å². The van der Waals surface area contributed by atoms with Crippen LogP contribution in [0.2, 0.25) is 0 Å². The van der Waals surface area contributed by atoms with E-state index in [0.29, 0.717) is 18.9 Å². The molecule has 1 aliphatic rings. The number of piperidine rings is 1. The number of methoxy groups -OCH3 is 1. The Hall–Kier alpha value is -2.15. The molecule has 0 aliphatic carbocycles. The molecule has 7 heteroatoms. The third-order valence-corrected chi connectivity index (χ3v) is 5.29. The Morgan fingerprint density at radius 3 is 3.00 bits per heavy atom. The summed E-state index contributed by atoms with van der Waals surface area (Å²) in [5.41, 5.74) is 3.22. The molecule has 0 radical (unpaired) electrons. The van der Waals surface area contributed by atoms with E-state index in [4.69, 9.17) is 4.74 Å². The largest absolute Gasteiger partial charge is 0.383 e. The van der Waals surface area contributed by atoms with Gasteiger partial charge in [-0.15, -0.1) is 0 Å². The van der Waals surface area contributed by atoms with Crippen molar-refractivity contribution in [1.82, 2.24) is 24.6 Å². The van der Waals surface area contributed by atoms with Crippen molar-refractivity contribution in [3.8, 4) is 0 Å². The monoisotopic (exact) mass is 359 g/mol. The lowest BCUT2D eigenvalue weighted by atomic mass is 9.96. The van der Waals surface area contributed by atoms with E-state index in [0.717, 1.165) is 56.1 Å². The zero-order valence-corrected chi connectivity index (χ0v) is 16.0. The molecule has 2 aromatic heterocycles. The second-order valence-corrected chi connectivity index (χ2v) is 7.06. The second kappa shape index (κ2) is 8.49. The minimum absolute atomic E-state index is 0.227. The molecular formula is C19H29N5O2. The molecule has 1 fully saturated rings. The van der Waals surface area contributed by atoms with Crippen LogP contribution in [0, 0.1) is 13.8 Å². The van der Waals surface area contributed by atoms with E-state index in [1.807, 2.05) is 31.1 Å². The second-order valence-electron chi connectivity index (χ2n) is 7.06. The first-order valence-electron chi connectivity index (χ1n) is 9.38. The minimum Gasteiger partial charge on any atom is -0.383 e. The first kappa shape index (κ1) is 18.6. The predicted octanol–water partition coefficient (Wildman–Crippen LogP) is 2.21. The van der Waals surface area contributed by atoms with Crippen LogP contribution in [0.5, 0.6) is 0 Å². The molecule has 0 spiro atoms. The summed E-state index contributed by atoms with van der Waals surface area (Å²) < 4.78 is 7.34. The summed E-state index contributed by atoms with van der Waals surface area (Å²) in [6, 6.07) is 0. The van der Waals surface area contributed by atoms with Crippen molar-refractivity contribution in [2.75, 3.05) is 26.8 Å². The van der Waals surface area contributed by atoms with Crippen LogP contribution in [0.4, 0.5) is 0 Å². The molecule has 26 heavy (non-hydrogen) atoms.